The number of ether oxygens (including phenoxy) is 2. The third-order valence-electron chi connectivity index (χ3n) is 3.64. The minimum atomic E-state index is -3.26. The van der Waals surface area contributed by atoms with Crippen LogP contribution in [0.2, 0.25) is 0 Å². The Morgan fingerprint density at radius 3 is 2.32 bits per heavy atom. The fourth-order valence-corrected chi connectivity index (χ4v) is 3.46. The first-order valence-corrected chi connectivity index (χ1v) is 10.7. The van der Waals surface area contributed by atoms with E-state index >= 15 is 0 Å². The highest BCUT2D eigenvalue weighted by Crippen LogP contribution is 2.23. The molecule has 1 amide bonds. The Hall–Kier alpha value is -2.98. The summed E-state index contributed by atoms with van der Waals surface area (Å²) in [6.07, 6.45) is 1.14. The fraction of sp³-hybridized carbons (Fsp3) is 0.167. The van der Waals surface area contributed by atoms with Crippen molar-refractivity contribution in [2.75, 3.05) is 25.3 Å². The van der Waals surface area contributed by atoms with Crippen LogP contribution in [0.15, 0.2) is 53.4 Å². The van der Waals surface area contributed by atoms with Crippen molar-refractivity contribution in [1.82, 2.24) is 9.36 Å². The summed E-state index contributed by atoms with van der Waals surface area (Å²) in [6.45, 7) is -0.176. The molecular formula is C18H17N3O5S2. The number of benzene rings is 2. The van der Waals surface area contributed by atoms with Gasteiger partial charge in [0.15, 0.2) is 22.3 Å². The van der Waals surface area contributed by atoms with Crippen LogP contribution in [0, 0.1) is 0 Å². The van der Waals surface area contributed by atoms with E-state index in [2.05, 4.69) is 14.7 Å². The molecule has 146 valence electrons. The second-order valence-corrected chi connectivity index (χ2v) is 8.50. The molecule has 1 aromatic heterocycles. The van der Waals surface area contributed by atoms with E-state index in [0.29, 0.717) is 28.0 Å². The molecular weight excluding hydrogens is 402 g/mol. The monoisotopic (exact) mass is 419 g/mol. The number of nitrogens with zero attached hydrogens (tertiary/aromatic N) is 2. The first kappa shape index (κ1) is 19.8. The number of carbonyl (C=O) groups is 1. The molecule has 0 radical (unpaired) electrons. The lowest BCUT2D eigenvalue weighted by molar-refractivity contribution is -0.118. The van der Waals surface area contributed by atoms with Gasteiger partial charge in [0, 0.05) is 23.4 Å². The molecule has 0 saturated carbocycles. The molecule has 10 heteroatoms. The van der Waals surface area contributed by atoms with Gasteiger partial charge in [-0.05, 0) is 48.5 Å². The Morgan fingerprint density at radius 2 is 1.71 bits per heavy atom. The predicted octanol–water partition coefficient (Wildman–Crippen LogP) is 2.63. The summed E-state index contributed by atoms with van der Waals surface area (Å²) in [5.41, 5.74) is 0.652. The molecule has 2 aromatic carbocycles. The summed E-state index contributed by atoms with van der Waals surface area (Å²) < 4.78 is 37.7. The van der Waals surface area contributed by atoms with Crippen LogP contribution in [0.3, 0.4) is 0 Å². The van der Waals surface area contributed by atoms with E-state index in [1.54, 1.807) is 43.5 Å². The minimum Gasteiger partial charge on any atom is -0.497 e. The molecule has 0 atom stereocenters. The number of anilines is 1. The molecule has 0 saturated heterocycles. The summed E-state index contributed by atoms with van der Waals surface area (Å²) in [4.78, 5) is 16.5. The minimum absolute atomic E-state index is 0.176. The van der Waals surface area contributed by atoms with Crippen molar-refractivity contribution in [3.8, 4) is 22.9 Å². The Bertz CT molecular complexity index is 1060. The third-order valence-corrected chi connectivity index (χ3v) is 5.40. The van der Waals surface area contributed by atoms with Gasteiger partial charge in [0.1, 0.15) is 11.5 Å². The number of carbonyl (C=O) groups excluding carboxylic acids is 1. The second kappa shape index (κ2) is 8.36. The van der Waals surface area contributed by atoms with Crippen molar-refractivity contribution < 1.29 is 22.7 Å². The van der Waals surface area contributed by atoms with Crippen molar-refractivity contribution >= 4 is 32.4 Å². The summed E-state index contributed by atoms with van der Waals surface area (Å²) in [5, 5.41) is 2.95. The molecule has 1 heterocycles. The maximum Gasteiger partial charge on any atom is 0.264 e. The zero-order valence-corrected chi connectivity index (χ0v) is 16.7. The fourth-order valence-electron chi connectivity index (χ4n) is 2.22. The Morgan fingerprint density at radius 1 is 1.07 bits per heavy atom. The third kappa shape index (κ3) is 5.05. The van der Waals surface area contributed by atoms with Gasteiger partial charge in [-0.3, -0.25) is 10.1 Å². The van der Waals surface area contributed by atoms with Gasteiger partial charge in [0.05, 0.1) is 12.0 Å². The van der Waals surface area contributed by atoms with Crippen molar-refractivity contribution in [3.05, 3.63) is 48.5 Å². The van der Waals surface area contributed by atoms with Gasteiger partial charge in [-0.2, -0.15) is 9.36 Å². The lowest BCUT2D eigenvalue weighted by Crippen LogP contribution is -2.20. The number of hydrogen-bond donors (Lipinski definition) is 1. The number of hydrogen-bond acceptors (Lipinski definition) is 8. The zero-order valence-electron chi connectivity index (χ0n) is 15.1. The quantitative estimate of drug-likeness (QED) is 0.627. The van der Waals surface area contributed by atoms with Crippen LogP contribution in [0.5, 0.6) is 11.5 Å². The predicted molar refractivity (Wildman–Crippen MR) is 106 cm³/mol. The van der Waals surface area contributed by atoms with Crippen molar-refractivity contribution in [3.63, 3.8) is 0 Å². The summed E-state index contributed by atoms with van der Waals surface area (Å²) in [6, 6.07) is 13.1. The maximum absolute atomic E-state index is 12.0. The average molecular weight is 419 g/mol. The summed E-state index contributed by atoms with van der Waals surface area (Å²) in [7, 11) is -1.69. The molecule has 3 aromatic rings. The van der Waals surface area contributed by atoms with Crippen LogP contribution in [0.1, 0.15) is 0 Å². The van der Waals surface area contributed by atoms with Crippen LogP contribution in [-0.4, -0.2) is 43.7 Å². The molecule has 0 fully saturated rings. The Labute approximate surface area is 166 Å². The number of methoxy groups -OCH3 is 1. The largest absolute Gasteiger partial charge is 0.497 e. The van der Waals surface area contributed by atoms with Gasteiger partial charge in [0.25, 0.3) is 5.91 Å². The van der Waals surface area contributed by atoms with Crippen LogP contribution in [0.25, 0.3) is 11.4 Å². The smallest absolute Gasteiger partial charge is 0.264 e. The van der Waals surface area contributed by atoms with E-state index in [1.807, 2.05) is 0 Å². The van der Waals surface area contributed by atoms with Gasteiger partial charge in [0.2, 0.25) is 5.13 Å². The first-order chi connectivity index (χ1) is 13.3. The molecule has 0 aliphatic carbocycles. The van der Waals surface area contributed by atoms with E-state index < -0.39 is 9.84 Å². The molecule has 0 aliphatic rings. The molecule has 1 N–H and O–H groups in total. The van der Waals surface area contributed by atoms with Gasteiger partial charge < -0.3 is 9.47 Å². The zero-order chi connectivity index (χ0) is 20.1. The molecule has 0 bridgehead atoms. The van der Waals surface area contributed by atoms with Gasteiger partial charge in [-0.25, -0.2) is 8.42 Å². The standard InChI is InChI=1S/C18H17N3O5S2/c1-25-13-5-7-14(8-6-13)26-11-16(22)19-18-20-17(21-27-18)12-3-9-15(10-4-12)28(2,23)24/h3-10H,11H2,1-2H3,(H,19,20,21,22). The van der Waals surface area contributed by atoms with E-state index in [4.69, 9.17) is 9.47 Å². The van der Waals surface area contributed by atoms with Crippen LogP contribution in [-0.2, 0) is 14.6 Å². The molecule has 0 aliphatic heterocycles. The van der Waals surface area contributed by atoms with E-state index in [1.165, 1.54) is 12.1 Å². The second-order valence-electron chi connectivity index (χ2n) is 5.73. The highest BCUT2D eigenvalue weighted by Gasteiger charge is 2.12. The van der Waals surface area contributed by atoms with Crippen molar-refractivity contribution in [2.24, 2.45) is 0 Å². The van der Waals surface area contributed by atoms with Crippen LogP contribution < -0.4 is 14.8 Å². The summed E-state index contributed by atoms with van der Waals surface area (Å²) >= 11 is 1.03. The average Bonchev–Trinajstić information content (AvgIpc) is 3.14. The number of amides is 1. The molecule has 28 heavy (non-hydrogen) atoms. The Balaban J connectivity index is 1.58. The SMILES string of the molecule is COc1ccc(OCC(=O)Nc2nc(-c3ccc(S(C)(=O)=O)cc3)ns2)cc1. The normalized spacial score (nSPS) is 11.1. The molecule has 0 spiro atoms. The van der Waals surface area contributed by atoms with Crippen LogP contribution in [0.4, 0.5) is 5.13 Å². The highest BCUT2D eigenvalue weighted by atomic mass is 32.2. The first-order valence-electron chi connectivity index (χ1n) is 8.06. The highest BCUT2D eigenvalue weighted by molar-refractivity contribution is 7.90. The lowest BCUT2D eigenvalue weighted by atomic mass is 10.2. The van der Waals surface area contributed by atoms with Gasteiger partial charge in [-0.1, -0.05) is 0 Å². The maximum atomic E-state index is 12.0. The van der Waals surface area contributed by atoms with Crippen molar-refractivity contribution in [2.45, 2.75) is 4.90 Å². The van der Waals surface area contributed by atoms with Gasteiger partial charge in [-0.15, -0.1) is 0 Å². The number of rotatable bonds is 7. The number of nitrogens with one attached hydrogen (secondary N) is 1. The molecule has 3 rings (SSSR count). The van der Waals surface area contributed by atoms with Crippen molar-refractivity contribution in [1.29, 1.82) is 0 Å². The summed E-state index contributed by atoms with van der Waals surface area (Å²) in [5.74, 6) is 1.27. The van der Waals surface area contributed by atoms with Crippen LogP contribution >= 0.6 is 11.5 Å². The number of sulfone groups is 1. The lowest BCUT2D eigenvalue weighted by Gasteiger charge is -2.06. The molecule has 8 nitrogen and oxygen atoms in total. The van der Waals surface area contributed by atoms with E-state index in [-0.39, 0.29) is 17.4 Å². The van der Waals surface area contributed by atoms with E-state index in [0.717, 1.165) is 17.8 Å². The number of aromatic nitrogens is 2. The Kier molecular flexibility index (Phi) is 5.90. The topological polar surface area (TPSA) is 107 Å². The molecule has 0 unspecified atom stereocenters. The van der Waals surface area contributed by atoms with Gasteiger partial charge >= 0.3 is 0 Å². The van der Waals surface area contributed by atoms with E-state index in [9.17, 15) is 13.2 Å².